The van der Waals surface area contributed by atoms with Crippen molar-refractivity contribution in [2.75, 3.05) is 39.0 Å². The Morgan fingerprint density at radius 1 is 1.07 bits per heavy atom. The highest BCUT2D eigenvalue weighted by Gasteiger charge is 2.15. The number of urea groups is 1. The molecule has 7 nitrogen and oxygen atoms in total. The number of aromatic nitrogens is 1. The zero-order valence-corrected chi connectivity index (χ0v) is 16.1. The maximum atomic E-state index is 12.7. The Morgan fingerprint density at radius 2 is 1.81 bits per heavy atom. The molecule has 0 aliphatic carbocycles. The normalized spacial score (nSPS) is 10.5. The second-order valence-electron chi connectivity index (χ2n) is 6.45. The number of carbonyl (C=O) groups excluding carboxylic acids is 2. The average molecular weight is 369 g/mol. The van der Waals surface area contributed by atoms with Crippen molar-refractivity contribution in [2.24, 2.45) is 0 Å². The summed E-state index contributed by atoms with van der Waals surface area (Å²) in [5.41, 5.74) is 2.18. The van der Waals surface area contributed by atoms with E-state index in [4.69, 9.17) is 0 Å². The molecule has 1 aromatic heterocycles. The monoisotopic (exact) mass is 369 g/mol. The highest BCUT2D eigenvalue weighted by atomic mass is 16.2. The molecule has 27 heavy (non-hydrogen) atoms. The molecule has 0 unspecified atom stereocenters. The number of hydrogen-bond acceptors (Lipinski definition) is 4. The minimum atomic E-state index is -0.188. The lowest BCUT2D eigenvalue weighted by Crippen LogP contribution is -2.39. The summed E-state index contributed by atoms with van der Waals surface area (Å²) in [6.07, 6.45) is 3.47. The lowest BCUT2D eigenvalue weighted by molar-refractivity contribution is 0.0956. The molecule has 0 saturated heterocycles. The number of pyridine rings is 1. The summed E-state index contributed by atoms with van der Waals surface area (Å²) >= 11 is 0. The quantitative estimate of drug-likeness (QED) is 0.749. The van der Waals surface area contributed by atoms with Crippen molar-refractivity contribution in [1.29, 1.82) is 0 Å². The molecular formula is C20H27N5O2. The molecule has 0 atom stereocenters. The number of amides is 3. The Kier molecular flexibility index (Phi) is 7.76. The van der Waals surface area contributed by atoms with E-state index in [-0.39, 0.29) is 11.9 Å². The zero-order valence-electron chi connectivity index (χ0n) is 16.1. The number of rotatable bonds is 8. The summed E-state index contributed by atoms with van der Waals surface area (Å²) in [6.45, 7) is 4.27. The van der Waals surface area contributed by atoms with Gasteiger partial charge in [0.25, 0.3) is 5.91 Å². The molecule has 0 bridgehead atoms. The van der Waals surface area contributed by atoms with Crippen LogP contribution in [0.25, 0.3) is 0 Å². The van der Waals surface area contributed by atoms with Gasteiger partial charge >= 0.3 is 6.03 Å². The molecule has 1 heterocycles. The summed E-state index contributed by atoms with van der Waals surface area (Å²) in [5, 5.41) is 5.65. The SMILES string of the molecule is CCNC(=O)c1ccc(NC(=O)N(CCN(C)C)Cc2cccnc2)cc1. The van der Waals surface area contributed by atoms with E-state index in [2.05, 4.69) is 15.6 Å². The molecular weight excluding hydrogens is 342 g/mol. The van der Waals surface area contributed by atoms with Gasteiger partial charge in [-0.25, -0.2) is 4.79 Å². The first kappa shape index (κ1) is 20.4. The highest BCUT2D eigenvalue weighted by molar-refractivity contribution is 5.95. The minimum Gasteiger partial charge on any atom is -0.352 e. The number of carbonyl (C=O) groups is 2. The van der Waals surface area contributed by atoms with Gasteiger partial charge in [-0.2, -0.15) is 0 Å². The molecule has 0 aliphatic rings. The standard InChI is InChI=1S/C20H27N5O2/c1-4-22-19(26)17-7-9-18(10-8-17)23-20(27)25(13-12-24(2)3)15-16-6-5-11-21-14-16/h5-11,14H,4,12-13,15H2,1-3H3,(H,22,26)(H,23,27). The van der Waals surface area contributed by atoms with Crippen molar-refractivity contribution >= 4 is 17.6 Å². The Labute approximate surface area is 160 Å². The van der Waals surface area contributed by atoms with Crippen molar-refractivity contribution in [3.63, 3.8) is 0 Å². The van der Waals surface area contributed by atoms with Gasteiger partial charge in [-0.15, -0.1) is 0 Å². The molecule has 0 spiro atoms. The maximum Gasteiger partial charge on any atom is 0.322 e. The van der Waals surface area contributed by atoms with Gasteiger partial charge in [-0.1, -0.05) is 6.07 Å². The van der Waals surface area contributed by atoms with E-state index in [9.17, 15) is 9.59 Å². The fraction of sp³-hybridized carbons (Fsp3) is 0.350. The van der Waals surface area contributed by atoms with Crippen LogP contribution in [0.3, 0.4) is 0 Å². The van der Waals surface area contributed by atoms with Gasteiger partial charge in [0.05, 0.1) is 0 Å². The van der Waals surface area contributed by atoms with Crippen LogP contribution in [-0.4, -0.2) is 60.5 Å². The Morgan fingerprint density at radius 3 is 2.41 bits per heavy atom. The predicted octanol–water partition coefficient (Wildman–Crippen LogP) is 2.43. The van der Waals surface area contributed by atoms with Gasteiger partial charge in [0.15, 0.2) is 0 Å². The fourth-order valence-corrected chi connectivity index (χ4v) is 2.46. The summed E-state index contributed by atoms with van der Waals surface area (Å²) in [4.78, 5) is 32.5. The van der Waals surface area contributed by atoms with E-state index in [1.165, 1.54) is 0 Å². The van der Waals surface area contributed by atoms with Gasteiger partial charge in [0, 0.05) is 49.8 Å². The van der Waals surface area contributed by atoms with Crippen LogP contribution in [0.4, 0.5) is 10.5 Å². The molecule has 3 amide bonds. The average Bonchev–Trinajstić information content (AvgIpc) is 2.66. The summed E-state index contributed by atoms with van der Waals surface area (Å²) < 4.78 is 0. The van der Waals surface area contributed by atoms with E-state index < -0.39 is 0 Å². The van der Waals surface area contributed by atoms with Crippen molar-refractivity contribution in [3.05, 3.63) is 59.9 Å². The molecule has 7 heteroatoms. The van der Waals surface area contributed by atoms with Crippen LogP contribution in [0.1, 0.15) is 22.8 Å². The molecule has 2 N–H and O–H groups in total. The molecule has 1 aromatic carbocycles. The highest BCUT2D eigenvalue weighted by Crippen LogP contribution is 2.12. The molecule has 0 saturated carbocycles. The van der Waals surface area contributed by atoms with Crippen LogP contribution in [0.2, 0.25) is 0 Å². The van der Waals surface area contributed by atoms with Gasteiger partial charge in [-0.05, 0) is 56.9 Å². The first-order valence-corrected chi connectivity index (χ1v) is 8.97. The van der Waals surface area contributed by atoms with E-state index in [1.54, 1.807) is 41.6 Å². The second kappa shape index (κ2) is 10.3. The van der Waals surface area contributed by atoms with Crippen molar-refractivity contribution < 1.29 is 9.59 Å². The van der Waals surface area contributed by atoms with Crippen molar-refractivity contribution in [1.82, 2.24) is 20.1 Å². The van der Waals surface area contributed by atoms with Crippen LogP contribution in [-0.2, 0) is 6.54 Å². The molecule has 0 fully saturated rings. The fourth-order valence-electron chi connectivity index (χ4n) is 2.46. The van der Waals surface area contributed by atoms with Crippen LogP contribution in [0.15, 0.2) is 48.8 Å². The number of nitrogens with one attached hydrogen (secondary N) is 2. The molecule has 0 aliphatic heterocycles. The number of hydrogen-bond donors (Lipinski definition) is 2. The van der Waals surface area contributed by atoms with Crippen molar-refractivity contribution in [3.8, 4) is 0 Å². The Hall–Kier alpha value is -2.93. The second-order valence-corrected chi connectivity index (χ2v) is 6.45. The molecule has 0 radical (unpaired) electrons. The lowest BCUT2D eigenvalue weighted by atomic mass is 10.2. The Bertz CT molecular complexity index is 732. The predicted molar refractivity (Wildman–Crippen MR) is 107 cm³/mol. The summed E-state index contributed by atoms with van der Waals surface area (Å²) in [7, 11) is 3.94. The van der Waals surface area contributed by atoms with Crippen LogP contribution in [0.5, 0.6) is 0 Å². The van der Waals surface area contributed by atoms with Gasteiger partial charge < -0.3 is 20.4 Å². The number of benzene rings is 1. The van der Waals surface area contributed by atoms with Crippen LogP contribution in [0, 0.1) is 0 Å². The largest absolute Gasteiger partial charge is 0.352 e. The van der Waals surface area contributed by atoms with Crippen molar-refractivity contribution in [2.45, 2.75) is 13.5 Å². The third-order valence-corrected chi connectivity index (χ3v) is 3.94. The van der Waals surface area contributed by atoms with E-state index in [1.807, 2.05) is 38.1 Å². The van der Waals surface area contributed by atoms with Crippen LogP contribution >= 0.6 is 0 Å². The topological polar surface area (TPSA) is 77.6 Å². The summed E-state index contributed by atoms with van der Waals surface area (Å²) in [5.74, 6) is -0.125. The van der Waals surface area contributed by atoms with Gasteiger partial charge in [0.1, 0.15) is 0 Å². The first-order chi connectivity index (χ1) is 13.0. The maximum absolute atomic E-state index is 12.7. The third-order valence-electron chi connectivity index (χ3n) is 3.94. The Balaban J connectivity index is 2.04. The van der Waals surface area contributed by atoms with E-state index in [0.717, 1.165) is 12.1 Å². The van der Waals surface area contributed by atoms with Crippen LogP contribution < -0.4 is 10.6 Å². The molecule has 2 aromatic rings. The number of nitrogens with zero attached hydrogens (tertiary/aromatic N) is 3. The number of anilines is 1. The lowest BCUT2D eigenvalue weighted by Gasteiger charge is -2.24. The third kappa shape index (κ3) is 6.71. The van der Waals surface area contributed by atoms with E-state index in [0.29, 0.717) is 30.9 Å². The van der Waals surface area contributed by atoms with Gasteiger partial charge in [0.2, 0.25) is 0 Å². The smallest absolute Gasteiger partial charge is 0.322 e. The summed E-state index contributed by atoms with van der Waals surface area (Å²) in [6, 6.07) is 10.5. The zero-order chi connectivity index (χ0) is 19.6. The number of likely N-dealkylation sites (N-methyl/N-ethyl adjacent to an activating group) is 1. The van der Waals surface area contributed by atoms with E-state index >= 15 is 0 Å². The minimum absolute atomic E-state index is 0.125. The first-order valence-electron chi connectivity index (χ1n) is 8.97. The molecule has 2 rings (SSSR count). The van der Waals surface area contributed by atoms with Gasteiger partial charge in [-0.3, -0.25) is 9.78 Å². The molecule has 144 valence electrons.